The van der Waals surface area contributed by atoms with Crippen LogP contribution < -0.4 is 0 Å². The number of halogens is 1. The van der Waals surface area contributed by atoms with Gasteiger partial charge in [0.05, 0.1) is 18.2 Å². The molecule has 0 bridgehead atoms. The van der Waals surface area contributed by atoms with Crippen molar-refractivity contribution in [1.82, 2.24) is 9.80 Å². The van der Waals surface area contributed by atoms with Gasteiger partial charge in [0.25, 0.3) is 0 Å². The number of carbonyl (C=O) groups is 2. The molecule has 6 nitrogen and oxygen atoms in total. The summed E-state index contributed by atoms with van der Waals surface area (Å²) >= 11 is 0. The van der Waals surface area contributed by atoms with Gasteiger partial charge in [-0.05, 0) is 41.7 Å². The van der Waals surface area contributed by atoms with Crippen LogP contribution in [0.25, 0.3) is 11.1 Å². The monoisotopic (exact) mass is 438 g/mol. The van der Waals surface area contributed by atoms with Crippen molar-refractivity contribution in [2.24, 2.45) is 5.92 Å². The Morgan fingerprint density at radius 1 is 1.12 bits per heavy atom. The summed E-state index contributed by atoms with van der Waals surface area (Å²) < 4.78 is 18.6. The second-order valence-electron chi connectivity index (χ2n) is 9.13. The van der Waals surface area contributed by atoms with Gasteiger partial charge in [0.15, 0.2) is 0 Å². The van der Waals surface area contributed by atoms with Gasteiger partial charge in [-0.1, -0.05) is 36.4 Å². The summed E-state index contributed by atoms with van der Waals surface area (Å²) in [7, 11) is 1.49. The minimum Gasteiger partial charge on any atom is -0.394 e. The molecule has 0 unspecified atom stereocenters. The van der Waals surface area contributed by atoms with Crippen LogP contribution in [0.5, 0.6) is 0 Å². The summed E-state index contributed by atoms with van der Waals surface area (Å²) in [5.41, 5.74) is 2.22. The Kier molecular flexibility index (Phi) is 5.26. The van der Waals surface area contributed by atoms with E-state index < -0.39 is 5.54 Å². The van der Waals surface area contributed by atoms with Gasteiger partial charge >= 0.3 is 0 Å². The van der Waals surface area contributed by atoms with Crippen LogP contribution in [0.3, 0.4) is 0 Å². The average Bonchev–Trinajstić information content (AvgIpc) is 3.58. The molecule has 1 aliphatic carbocycles. The lowest BCUT2D eigenvalue weighted by Gasteiger charge is -2.70. The summed E-state index contributed by atoms with van der Waals surface area (Å²) in [5.74, 6) is -0.307. The summed E-state index contributed by atoms with van der Waals surface area (Å²) in [5, 5.41) is 10.2. The molecule has 5 rings (SSSR count). The third-order valence-electron chi connectivity index (χ3n) is 7.10. The number of hydrogen-bond acceptors (Lipinski definition) is 4. The predicted octanol–water partition coefficient (Wildman–Crippen LogP) is 2.42. The molecule has 3 aliphatic rings. The van der Waals surface area contributed by atoms with E-state index in [4.69, 9.17) is 4.74 Å². The zero-order valence-electron chi connectivity index (χ0n) is 18.0. The lowest BCUT2D eigenvalue weighted by Crippen LogP contribution is -2.86. The second-order valence-corrected chi connectivity index (χ2v) is 9.13. The highest BCUT2D eigenvalue weighted by Gasteiger charge is 2.68. The third-order valence-corrected chi connectivity index (χ3v) is 7.10. The van der Waals surface area contributed by atoms with Crippen LogP contribution in [0.1, 0.15) is 24.3 Å². The maximum absolute atomic E-state index is 13.6. The number of likely N-dealkylation sites (tertiary alicyclic amines) is 2. The number of hydrogen-bond donors (Lipinski definition) is 1. The molecule has 1 N–H and O–H groups in total. The molecular formula is C25H27FN2O4. The van der Waals surface area contributed by atoms with Crippen LogP contribution in [0.4, 0.5) is 4.39 Å². The van der Waals surface area contributed by atoms with Gasteiger partial charge in [-0.2, -0.15) is 0 Å². The van der Waals surface area contributed by atoms with Crippen LogP contribution in [-0.4, -0.2) is 71.7 Å². The van der Waals surface area contributed by atoms with E-state index in [2.05, 4.69) is 0 Å². The number of nitrogens with zero attached hydrogens (tertiary/aromatic N) is 2. The van der Waals surface area contributed by atoms with E-state index in [1.165, 1.54) is 19.2 Å². The number of benzene rings is 2. The van der Waals surface area contributed by atoms with Crippen molar-refractivity contribution in [3.05, 3.63) is 59.9 Å². The number of aliphatic hydroxyl groups is 1. The molecule has 0 aromatic heterocycles. The second kappa shape index (κ2) is 7.98. The molecule has 32 heavy (non-hydrogen) atoms. The molecule has 168 valence electrons. The number of methoxy groups -OCH3 is 1. The fourth-order valence-electron chi connectivity index (χ4n) is 5.44. The maximum Gasteiger partial charge on any atom is 0.248 e. The first kappa shape index (κ1) is 21.1. The number of aliphatic hydroxyl groups excluding tert-OH is 1. The molecule has 2 amide bonds. The molecule has 1 spiro atoms. The highest BCUT2D eigenvalue weighted by molar-refractivity contribution is 5.86. The molecule has 2 atom stereocenters. The van der Waals surface area contributed by atoms with Crippen molar-refractivity contribution < 1.29 is 23.8 Å². The molecule has 7 heteroatoms. The van der Waals surface area contributed by atoms with Crippen molar-refractivity contribution in [3.63, 3.8) is 0 Å². The Hall–Kier alpha value is -2.77. The van der Waals surface area contributed by atoms with Crippen molar-refractivity contribution >= 4 is 11.8 Å². The molecule has 3 fully saturated rings. The van der Waals surface area contributed by atoms with Gasteiger partial charge in [0.1, 0.15) is 12.4 Å². The van der Waals surface area contributed by atoms with E-state index in [9.17, 15) is 19.1 Å². The molecule has 2 saturated heterocycles. The molecule has 0 radical (unpaired) electrons. The number of amides is 2. The summed E-state index contributed by atoms with van der Waals surface area (Å²) in [6.45, 7) is 0.784. The Labute approximate surface area is 186 Å². The normalized spacial score (nSPS) is 23.6. The van der Waals surface area contributed by atoms with Gasteiger partial charge in [-0.15, -0.1) is 0 Å². The van der Waals surface area contributed by atoms with Crippen LogP contribution >= 0.6 is 0 Å². The topological polar surface area (TPSA) is 70.1 Å². The summed E-state index contributed by atoms with van der Waals surface area (Å²) in [4.78, 5) is 29.0. The minimum absolute atomic E-state index is 0.0169. The third kappa shape index (κ3) is 3.31. The summed E-state index contributed by atoms with van der Waals surface area (Å²) in [6.07, 6.45) is 1.78. The minimum atomic E-state index is -0.489. The maximum atomic E-state index is 13.6. The molecular weight excluding hydrogens is 411 g/mol. The smallest absolute Gasteiger partial charge is 0.248 e. The molecule has 2 aliphatic heterocycles. The Morgan fingerprint density at radius 2 is 1.84 bits per heavy atom. The van der Waals surface area contributed by atoms with Gasteiger partial charge < -0.3 is 19.6 Å². The fourth-order valence-corrected chi connectivity index (χ4v) is 5.44. The van der Waals surface area contributed by atoms with Crippen molar-refractivity contribution in [1.29, 1.82) is 0 Å². The molecule has 2 heterocycles. The standard InChI is InChI=1S/C25H27FN2O4/c1-32-13-22(30)27-14-25(15-27)23(21(12-29)28(25)24(31)18-9-10-18)17-7-5-16(6-8-17)19-3-2-4-20(26)11-19/h2-8,11,18,21,23,29H,9-10,12-15H2,1H3/t21-,23+/m0/s1. The van der Waals surface area contributed by atoms with E-state index in [0.717, 1.165) is 29.5 Å². The van der Waals surface area contributed by atoms with Crippen LogP contribution in [0.15, 0.2) is 48.5 Å². The Balaban J connectivity index is 1.43. The molecule has 2 aromatic rings. The quantitative estimate of drug-likeness (QED) is 0.752. The van der Waals surface area contributed by atoms with Gasteiger partial charge in [0.2, 0.25) is 11.8 Å². The average molecular weight is 438 g/mol. The van der Waals surface area contributed by atoms with E-state index >= 15 is 0 Å². The first-order chi connectivity index (χ1) is 15.5. The zero-order valence-corrected chi connectivity index (χ0v) is 18.0. The Bertz CT molecular complexity index is 1030. The highest BCUT2D eigenvalue weighted by Crippen LogP contribution is 2.55. The van der Waals surface area contributed by atoms with Crippen LogP contribution in [-0.2, 0) is 14.3 Å². The first-order valence-corrected chi connectivity index (χ1v) is 11.0. The SMILES string of the molecule is COCC(=O)N1CC2(C1)[C@H](c1ccc(-c3cccc(F)c3)cc1)[C@H](CO)N2C(=O)C1CC1. The lowest BCUT2D eigenvalue weighted by molar-refractivity contribution is -0.205. The number of ether oxygens (including phenoxy) is 1. The Morgan fingerprint density at radius 3 is 2.44 bits per heavy atom. The predicted molar refractivity (Wildman–Crippen MR) is 116 cm³/mol. The lowest BCUT2D eigenvalue weighted by atomic mass is 9.60. The molecule has 1 saturated carbocycles. The van der Waals surface area contributed by atoms with E-state index in [0.29, 0.717) is 13.1 Å². The molecule has 2 aromatic carbocycles. The fraction of sp³-hybridized carbons (Fsp3) is 0.440. The van der Waals surface area contributed by atoms with Gasteiger partial charge in [-0.3, -0.25) is 9.59 Å². The number of carbonyl (C=O) groups excluding carboxylic acids is 2. The van der Waals surface area contributed by atoms with E-state index in [-0.39, 0.29) is 48.7 Å². The van der Waals surface area contributed by atoms with E-state index in [1.807, 2.05) is 35.2 Å². The van der Waals surface area contributed by atoms with Crippen LogP contribution in [0.2, 0.25) is 0 Å². The van der Waals surface area contributed by atoms with Crippen molar-refractivity contribution in [3.8, 4) is 11.1 Å². The van der Waals surface area contributed by atoms with Crippen molar-refractivity contribution in [2.45, 2.75) is 30.3 Å². The first-order valence-electron chi connectivity index (χ1n) is 11.0. The zero-order chi connectivity index (χ0) is 22.5. The highest BCUT2D eigenvalue weighted by atomic mass is 19.1. The van der Waals surface area contributed by atoms with Crippen molar-refractivity contribution in [2.75, 3.05) is 33.4 Å². The number of rotatable bonds is 6. The largest absolute Gasteiger partial charge is 0.394 e. The van der Waals surface area contributed by atoms with Crippen LogP contribution in [0, 0.1) is 11.7 Å². The van der Waals surface area contributed by atoms with Gasteiger partial charge in [0, 0.05) is 32.0 Å². The summed E-state index contributed by atoms with van der Waals surface area (Å²) in [6, 6.07) is 14.0. The van der Waals surface area contributed by atoms with E-state index in [1.54, 1.807) is 11.0 Å². The van der Waals surface area contributed by atoms with Gasteiger partial charge in [-0.25, -0.2) is 4.39 Å².